The van der Waals surface area contributed by atoms with Crippen LogP contribution >= 0.6 is 0 Å². The van der Waals surface area contributed by atoms with Crippen LogP contribution in [0.15, 0.2) is 60.8 Å². The predicted molar refractivity (Wildman–Crippen MR) is 168 cm³/mol. The molecule has 2 N–H and O–H groups in total. The number of aliphatic carboxylic acids is 1. The Labute approximate surface area is 261 Å². The standard InChI is InChI=1S/C34H40F2N4O5/c1-20(2)18-40-30-16-27(32(14-24(30)17-37-40)45-31-12-9-25(35)15-28(31)36)33(41)38-29(34(42)43)13-22(5)39(21(3)4)19-23-7-10-26(44-6)11-8-23/h7-12,14-17,20-22,29H,13,18-19H2,1-6H3,(H,38,41)(H,42,43). The number of nitrogens with zero attached hydrogens (tertiary/aromatic N) is 3. The molecule has 2 atom stereocenters. The number of carboxylic acid groups (broad SMARTS) is 1. The molecule has 3 aromatic carbocycles. The maximum absolute atomic E-state index is 14.6. The van der Waals surface area contributed by atoms with Gasteiger partial charge >= 0.3 is 5.97 Å². The van der Waals surface area contributed by atoms with E-state index in [4.69, 9.17) is 9.47 Å². The Hall–Kier alpha value is -4.51. The van der Waals surface area contributed by atoms with Gasteiger partial charge in [0.25, 0.3) is 5.91 Å². The van der Waals surface area contributed by atoms with E-state index in [1.54, 1.807) is 30.1 Å². The van der Waals surface area contributed by atoms with Crippen LogP contribution in [0.3, 0.4) is 0 Å². The van der Waals surface area contributed by atoms with Gasteiger partial charge in [0.2, 0.25) is 0 Å². The van der Waals surface area contributed by atoms with Gasteiger partial charge in [0.15, 0.2) is 11.6 Å². The van der Waals surface area contributed by atoms with Gasteiger partial charge in [-0.25, -0.2) is 13.6 Å². The summed E-state index contributed by atoms with van der Waals surface area (Å²) in [6.45, 7) is 11.2. The van der Waals surface area contributed by atoms with E-state index < -0.39 is 29.6 Å². The number of rotatable bonds is 14. The Morgan fingerprint density at radius 3 is 2.31 bits per heavy atom. The Balaban J connectivity index is 1.62. The molecule has 9 nitrogen and oxygen atoms in total. The maximum Gasteiger partial charge on any atom is 0.326 e. The minimum absolute atomic E-state index is 0.00502. The van der Waals surface area contributed by atoms with Crippen molar-refractivity contribution in [3.8, 4) is 17.2 Å². The summed E-state index contributed by atoms with van der Waals surface area (Å²) >= 11 is 0. The van der Waals surface area contributed by atoms with Crippen molar-refractivity contribution in [3.63, 3.8) is 0 Å². The van der Waals surface area contributed by atoms with Gasteiger partial charge in [-0.05, 0) is 75.1 Å². The van der Waals surface area contributed by atoms with Gasteiger partial charge in [0.1, 0.15) is 23.4 Å². The molecular formula is C34H40F2N4O5. The molecule has 0 spiro atoms. The molecule has 4 aromatic rings. The number of carboxylic acids is 1. The predicted octanol–water partition coefficient (Wildman–Crippen LogP) is 6.64. The normalized spacial score (nSPS) is 13.0. The second kappa shape index (κ2) is 14.5. The Bertz CT molecular complexity index is 1640. The van der Waals surface area contributed by atoms with Crippen LogP contribution in [0.1, 0.15) is 57.0 Å². The molecule has 1 aromatic heterocycles. The second-order valence-electron chi connectivity index (χ2n) is 11.9. The van der Waals surface area contributed by atoms with E-state index in [0.717, 1.165) is 23.4 Å². The number of carbonyl (C=O) groups excluding carboxylic acids is 1. The second-order valence-corrected chi connectivity index (χ2v) is 11.9. The van der Waals surface area contributed by atoms with E-state index in [1.165, 1.54) is 0 Å². The van der Waals surface area contributed by atoms with E-state index in [9.17, 15) is 23.5 Å². The van der Waals surface area contributed by atoms with E-state index in [0.29, 0.717) is 30.1 Å². The first-order valence-corrected chi connectivity index (χ1v) is 14.9. The van der Waals surface area contributed by atoms with Crippen molar-refractivity contribution in [2.24, 2.45) is 5.92 Å². The van der Waals surface area contributed by atoms with Crippen molar-refractivity contribution in [2.75, 3.05) is 7.11 Å². The SMILES string of the molecule is COc1ccc(CN(C(C)C)C(C)CC(NC(=O)c2cc3c(cnn3CC(C)C)cc2Oc2ccc(F)cc2F)C(=O)O)cc1. The molecule has 0 aliphatic carbocycles. The molecule has 0 radical (unpaired) electrons. The third-order valence-corrected chi connectivity index (χ3v) is 7.57. The van der Waals surface area contributed by atoms with Crippen LogP contribution in [-0.2, 0) is 17.9 Å². The van der Waals surface area contributed by atoms with Crippen molar-refractivity contribution in [2.45, 2.75) is 72.3 Å². The number of hydrogen-bond acceptors (Lipinski definition) is 6. The van der Waals surface area contributed by atoms with Crippen molar-refractivity contribution >= 4 is 22.8 Å². The summed E-state index contributed by atoms with van der Waals surface area (Å²) in [5.74, 6) is -2.92. The summed E-state index contributed by atoms with van der Waals surface area (Å²) in [5, 5.41) is 17.9. The van der Waals surface area contributed by atoms with Crippen molar-refractivity contribution in [1.82, 2.24) is 20.0 Å². The molecule has 45 heavy (non-hydrogen) atoms. The molecular weight excluding hydrogens is 582 g/mol. The number of nitrogens with one attached hydrogen (secondary N) is 1. The maximum atomic E-state index is 14.6. The van der Waals surface area contributed by atoms with E-state index in [1.807, 2.05) is 58.9 Å². The average molecular weight is 623 g/mol. The minimum Gasteiger partial charge on any atom is -0.497 e. The molecule has 240 valence electrons. The Morgan fingerprint density at radius 1 is 1.00 bits per heavy atom. The number of amides is 1. The molecule has 0 bridgehead atoms. The van der Waals surface area contributed by atoms with Crippen LogP contribution in [-0.4, -0.2) is 56.9 Å². The lowest BCUT2D eigenvalue weighted by Crippen LogP contribution is -2.47. The van der Waals surface area contributed by atoms with Crippen molar-refractivity contribution in [1.29, 1.82) is 0 Å². The molecule has 0 saturated heterocycles. The summed E-state index contributed by atoms with van der Waals surface area (Å²) in [6.07, 6.45) is 1.73. The number of fused-ring (bicyclic) bond motifs is 1. The first-order chi connectivity index (χ1) is 21.4. The van der Waals surface area contributed by atoms with Gasteiger partial charge in [-0.2, -0.15) is 5.10 Å². The number of carbonyl (C=O) groups is 2. The van der Waals surface area contributed by atoms with Gasteiger partial charge in [-0.15, -0.1) is 0 Å². The number of hydrogen-bond donors (Lipinski definition) is 2. The summed E-state index contributed by atoms with van der Waals surface area (Å²) in [6, 6.07) is 12.3. The molecule has 4 rings (SSSR count). The lowest BCUT2D eigenvalue weighted by Gasteiger charge is -2.34. The fourth-order valence-electron chi connectivity index (χ4n) is 5.26. The first-order valence-electron chi connectivity index (χ1n) is 14.9. The third kappa shape index (κ3) is 8.36. The van der Waals surface area contributed by atoms with Crippen molar-refractivity contribution < 1.29 is 33.0 Å². The summed E-state index contributed by atoms with van der Waals surface area (Å²) < 4.78 is 40.9. The summed E-state index contributed by atoms with van der Waals surface area (Å²) in [5.41, 5.74) is 1.66. The van der Waals surface area contributed by atoms with E-state index in [2.05, 4.69) is 15.3 Å². The Kier molecular flexibility index (Phi) is 10.8. The van der Waals surface area contributed by atoms with E-state index >= 15 is 0 Å². The van der Waals surface area contributed by atoms with E-state index in [-0.39, 0.29) is 41.5 Å². The molecule has 2 unspecified atom stereocenters. The monoisotopic (exact) mass is 622 g/mol. The van der Waals surface area contributed by atoms with Crippen LogP contribution in [0.25, 0.3) is 10.9 Å². The van der Waals surface area contributed by atoms with Crippen LogP contribution in [0.2, 0.25) is 0 Å². The molecule has 0 aliphatic heterocycles. The topological polar surface area (TPSA) is 106 Å². The zero-order valence-electron chi connectivity index (χ0n) is 26.4. The average Bonchev–Trinajstić information content (AvgIpc) is 3.37. The van der Waals surface area contributed by atoms with Gasteiger partial charge < -0.3 is 19.9 Å². The van der Waals surface area contributed by atoms with Crippen LogP contribution < -0.4 is 14.8 Å². The Morgan fingerprint density at radius 2 is 1.71 bits per heavy atom. The molecule has 1 heterocycles. The highest BCUT2D eigenvalue weighted by Crippen LogP contribution is 2.32. The highest BCUT2D eigenvalue weighted by Gasteiger charge is 2.29. The number of methoxy groups -OCH3 is 1. The first kappa shape index (κ1) is 33.4. The van der Waals surface area contributed by atoms with Crippen LogP contribution in [0, 0.1) is 17.6 Å². The minimum atomic E-state index is -1.24. The van der Waals surface area contributed by atoms with Gasteiger partial charge in [-0.1, -0.05) is 26.0 Å². The fourth-order valence-corrected chi connectivity index (χ4v) is 5.26. The number of halogens is 2. The quantitative estimate of drug-likeness (QED) is 0.162. The zero-order valence-corrected chi connectivity index (χ0v) is 26.4. The molecule has 0 aliphatic rings. The fraction of sp³-hybridized carbons (Fsp3) is 0.382. The largest absolute Gasteiger partial charge is 0.497 e. The molecule has 11 heteroatoms. The van der Waals surface area contributed by atoms with Crippen LogP contribution in [0.5, 0.6) is 17.2 Å². The number of benzene rings is 3. The van der Waals surface area contributed by atoms with Crippen molar-refractivity contribution in [3.05, 3.63) is 83.6 Å². The molecule has 0 fully saturated rings. The number of aromatic nitrogens is 2. The lowest BCUT2D eigenvalue weighted by atomic mass is 10.0. The van der Waals surface area contributed by atoms with Gasteiger partial charge in [-0.3, -0.25) is 14.4 Å². The van der Waals surface area contributed by atoms with Crippen LogP contribution in [0.4, 0.5) is 8.78 Å². The molecule has 0 saturated carbocycles. The lowest BCUT2D eigenvalue weighted by molar-refractivity contribution is -0.139. The van der Waals surface area contributed by atoms with Gasteiger partial charge in [0, 0.05) is 36.6 Å². The third-order valence-electron chi connectivity index (χ3n) is 7.57. The smallest absolute Gasteiger partial charge is 0.326 e. The molecule has 1 amide bonds. The van der Waals surface area contributed by atoms with Gasteiger partial charge in [0.05, 0.1) is 24.4 Å². The highest BCUT2D eigenvalue weighted by atomic mass is 19.1. The number of ether oxygens (including phenoxy) is 2. The zero-order chi connectivity index (χ0) is 32.8. The summed E-state index contributed by atoms with van der Waals surface area (Å²) in [4.78, 5) is 28.4. The highest BCUT2D eigenvalue weighted by molar-refractivity contribution is 6.02. The summed E-state index contributed by atoms with van der Waals surface area (Å²) in [7, 11) is 1.60.